The molecule has 0 aliphatic carbocycles. The largest absolute Gasteiger partial charge is 0.481 e. The Bertz CT molecular complexity index is 439. The fourth-order valence-corrected chi connectivity index (χ4v) is 4.46. The van der Waals surface area contributed by atoms with Crippen molar-refractivity contribution in [2.45, 2.75) is 31.9 Å². The van der Waals surface area contributed by atoms with Crippen LogP contribution in [-0.4, -0.2) is 41.8 Å². The number of thiophene rings is 1. The van der Waals surface area contributed by atoms with Crippen LogP contribution >= 0.6 is 43.2 Å². The molecule has 0 aromatic carbocycles. The fourth-order valence-electron chi connectivity index (χ4n) is 2.24. The molecule has 2 heterocycles. The predicted molar refractivity (Wildman–Crippen MR) is 86.2 cm³/mol. The summed E-state index contributed by atoms with van der Waals surface area (Å²) in [7, 11) is 0. The zero-order valence-electron chi connectivity index (χ0n) is 11.0. The van der Waals surface area contributed by atoms with Crippen LogP contribution in [0.4, 0.5) is 0 Å². The van der Waals surface area contributed by atoms with Crippen molar-refractivity contribution in [1.29, 1.82) is 0 Å². The first-order chi connectivity index (χ1) is 9.54. The summed E-state index contributed by atoms with van der Waals surface area (Å²) in [4.78, 5) is 14.2. The first kappa shape index (κ1) is 16.4. The van der Waals surface area contributed by atoms with E-state index in [1.807, 2.05) is 0 Å². The van der Waals surface area contributed by atoms with E-state index in [2.05, 4.69) is 42.8 Å². The van der Waals surface area contributed by atoms with Crippen LogP contribution in [-0.2, 0) is 16.1 Å². The summed E-state index contributed by atoms with van der Waals surface area (Å²) in [6, 6.07) is 2.16. The van der Waals surface area contributed by atoms with E-state index in [4.69, 9.17) is 9.84 Å². The fraction of sp³-hybridized carbons (Fsp3) is 0.615. The molecule has 20 heavy (non-hydrogen) atoms. The van der Waals surface area contributed by atoms with Crippen molar-refractivity contribution < 1.29 is 14.6 Å². The third kappa shape index (κ3) is 5.11. The van der Waals surface area contributed by atoms with Gasteiger partial charge < -0.3 is 9.84 Å². The topological polar surface area (TPSA) is 49.8 Å². The number of carbonyl (C=O) groups is 1. The molecule has 0 spiro atoms. The maximum atomic E-state index is 10.4. The van der Waals surface area contributed by atoms with Crippen LogP contribution in [0.2, 0.25) is 0 Å². The van der Waals surface area contributed by atoms with Crippen LogP contribution in [0.1, 0.15) is 24.1 Å². The van der Waals surface area contributed by atoms with Gasteiger partial charge in [0.1, 0.15) is 0 Å². The molecule has 0 atom stereocenters. The van der Waals surface area contributed by atoms with Crippen LogP contribution < -0.4 is 0 Å². The minimum Gasteiger partial charge on any atom is -0.481 e. The number of nitrogens with zero attached hydrogens (tertiary/aromatic N) is 1. The number of halogens is 2. The molecule has 1 aliphatic rings. The van der Waals surface area contributed by atoms with Crippen LogP contribution in [0.3, 0.4) is 0 Å². The average molecular weight is 427 g/mol. The van der Waals surface area contributed by atoms with E-state index < -0.39 is 5.97 Å². The van der Waals surface area contributed by atoms with Crippen molar-refractivity contribution in [3.63, 3.8) is 0 Å². The molecule has 1 N–H and O–H groups in total. The van der Waals surface area contributed by atoms with Crippen molar-refractivity contribution in [3.8, 4) is 0 Å². The highest BCUT2D eigenvalue weighted by molar-refractivity contribution is 9.13. The maximum Gasteiger partial charge on any atom is 0.305 e. The van der Waals surface area contributed by atoms with Gasteiger partial charge in [-0.05, 0) is 50.8 Å². The predicted octanol–water partition coefficient (Wildman–Crippen LogP) is 3.73. The van der Waals surface area contributed by atoms with Crippen molar-refractivity contribution in [2.24, 2.45) is 0 Å². The van der Waals surface area contributed by atoms with E-state index in [0.29, 0.717) is 6.61 Å². The van der Waals surface area contributed by atoms with Crippen LogP contribution in [0, 0.1) is 0 Å². The lowest BCUT2D eigenvalue weighted by molar-refractivity contribution is -0.138. The third-order valence-electron chi connectivity index (χ3n) is 3.28. The summed E-state index contributed by atoms with van der Waals surface area (Å²) in [5, 5.41) is 8.58. The van der Waals surface area contributed by atoms with Crippen molar-refractivity contribution in [1.82, 2.24) is 4.90 Å². The van der Waals surface area contributed by atoms with Crippen molar-refractivity contribution in [2.75, 3.05) is 19.7 Å². The van der Waals surface area contributed by atoms with Gasteiger partial charge in [-0.1, -0.05) is 0 Å². The second kappa shape index (κ2) is 7.89. The van der Waals surface area contributed by atoms with Gasteiger partial charge in [0.2, 0.25) is 0 Å². The Morgan fingerprint density at radius 3 is 2.70 bits per heavy atom. The summed E-state index contributed by atoms with van der Waals surface area (Å²) in [5.41, 5.74) is 0. The minimum atomic E-state index is -0.795. The van der Waals surface area contributed by atoms with Gasteiger partial charge in [-0.3, -0.25) is 9.69 Å². The first-order valence-corrected chi connectivity index (χ1v) is 8.94. The number of ether oxygens (including phenoxy) is 1. The molecule has 0 amide bonds. The van der Waals surface area contributed by atoms with Gasteiger partial charge in [0.25, 0.3) is 0 Å². The van der Waals surface area contributed by atoms with E-state index in [1.54, 1.807) is 11.3 Å². The van der Waals surface area contributed by atoms with E-state index in [9.17, 15) is 4.79 Å². The number of carboxylic acid groups (broad SMARTS) is 1. The molecule has 0 radical (unpaired) electrons. The zero-order chi connectivity index (χ0) is 14.5. The smallest absolute Gasteiger partial charge is 0.305 e. The molecule has 0 saturated carbocycles. The normalized spacial score (nSPS) is 17.5. The molecule has 1 aliphatic heterocycles. The van der Waals surface area contributed by atoms with Crippen LogP contribution in [0.15, 0.2) is 14.3 Å². The van der Waals surface area contributed by atoms with E-state index in [-0.39, 0.29) is 12.5 Å². The highest BCUT2D eigenvalue weighted by Gasteiger charge is 2.20. The van der Waals surface area contributed by atoms with E-state index in [1.165, 1.54) is 4.88 Å². The van der Waals surface area contributed by atoms with Crippen LogP contribution in [0.5, 0.6) is 0 Å². The zero-order valence-corrected chi connectivity index (χ0v) is 15.0. The Hall–Kier alpha value is 0.0500. The Kier molecular flexibility index (Phi) is 6.48. The second-order valence-corrected chi connectivity index (χ2v) is 8.13. The standard InChI is InChI=1S/C13H17Br2NO3S/c14-11-7-10(20-13(11)15)8-16-4-1-9(2-5-16)19-6-3-12(17)18/h7,9H,1-6,8H2,(H,17,18). The molecule has 7 heteroatoms. The van der Waals surface area contributed by atoms with E-state index in [0.717, 1.165) is 40.7 Å². The lowest BCUT2D eigenvalue weighted by Gasteiger charge is -2.31. The van der Waals surface area contributed by atoms with E-state index >= 15 is 0 Å². The minimum absolute atomic E-state index is 0.0947. The number of likely N-dealkylation sites (tertiary alicyclic amines) is 1. The summed E-state index contributed by atoms with van der Waals surface area (Å²) in [5.74, 6) is -0.795. The highest BCUT2D eigenvalue weighted by Crippen LogP contribution is 2.33. The summed E-state index contributed by atoms with van der Waals surface area (Å²) in [6.07, 6.45) is 2.27. The molecular weight excluding hydrogens is 410 g/mol. The molecule has 2 rings (SSSR count). The average Bonchev–Trinajstić information content (AvgIpc) is 2.70. The second-order valence-electron chi connectivity index (χ2n) is 4.82. The highest BCUT2D eigenvalue weighted by atomic mass is 79.9. The number of hydrogen-bond acceptors (Lipinski definition) is 4. The van der Waals surface area contributed by atoms with Gasteiger partial charge >= 0.3 is 5.97 Å². The van der Waals surface area contributed by atoms with Gasteiger partial charge in [0, 0.05) is 29.0 Å². The van der Waals surface area contributed by atoms with Gasteiger partial charge in [-0.25, -0.2) is 0 Å². The lowest BCUT2D eigenvalue weighted by Crippen LogP contribution is -2.36. The molecule has 0 bridgehead atoms. The van der Waals surface area contributed by atoms with Gasteiger partial charge in [-0.15, -0.1) is 11.3 Å². The number of piperidine rings is 1. The number of carboxylic acids is 1. The maximum absolute atomic E-state index is 10.4. The SMILES string of the molecule is O=C(O)CCOC1CCN(Cc2cc(Br)c(Br)s2)CC1. The molecule has 1 saturated heterocycles. The Morgan fingerprint density at radius 2 is 2.15 bits per heavy atom. The summed E-state index contributed by atoms with van der Waals surface area (Å²) < 4.78 is 7.85. The Morgan fingerprint density at radius 1 is 1.45 bits per heavy atom. The Balaban J connectivity index is 1.70. The molecule has 0 unspecified atom stereocenters. The molecule has 1 fully saturated rings. The summed E-state index contributed by atoms with van der Waals surface area (Å²) in [6.45, 7) is 3.30. The molecule has 112 valence electrons. The molecule has 1 aromatic heterocycles. The molecular formula is C13H17Br2NO3S. The van der Waals surface area contributed by atoms with Crippen molar-refractivity contribution >= 4 is 49.2 Å². The Labute approximate surface area is 139 Å². The first-order valence-electron chi connectivity index (χ1n) is 6.54. The quantitative estimate of drug-likeness (QED) is 0.752. The number of hydrogen-bond donors (Lipinski definition) is 1. The third-order valence-corrected chi connectivity index (χ3v) is 6.52. The lowest BCUT2D eigenvalue weighted by atomic mass is 10.1. The number of rotatable bonds is 6. The van der Waals surface area contributed by atoms with Gasteiger partial charge in [-0.2, -0.15) is 0 Å². The summed E-state index contributed by atoms with van der Waals surface area (Å²) >= 11 is 8.78. The molecule has 1 aromatic rings. The molecule has 4 nitrogen and oxygen atoms in total. The number of aliphatic carboxylic acids is 1. The van der Waals surface area contributed by atoms with Crippen molar-refractivity contribution in [3.05, 3.63) is 19.2 Å². The van der Waals surface area contributed by atoms with Crippen LogP contribution in [0.25, 0.3) is 0 Å². The van der Waals surface area contributed by atoms with Gasteiger partial charge in [0.15, 0.2) is 0 Å². The monoisotopic (exact) mass is 425 g/mol. The van der Waals surface area contributed by atoms with Gasteiger partial charge in [0.05, 0.1) is 22.9 Å².